The van der Waals surface area contributed by atoms with Gasteiger partial charge in [-0.25, -0.2) is 4.98 Å². The highest BCUT2D eigenvalue weighted by atomic mass is 35.5. The van der Waals surface area contributed by atoms with Crippen LogP contribution in [0, 0.1) is 0 Å². The van der Waals surface area contributed by atoms with Crippen LogP contribution in [-0.4, -0.2) is 44.9 Å². The average molecular weight is 542 g/mol. The molecule has 1 spiro atoms. The minimum atomic E-state index is -0.398. The number of ether oxygens (including phenoxy) is 1. The molecule has 2 amide bonds. The van der Waals surface area contributed by atoms with E-state index in [0.717, 1.165) is 52.3 Å². The van der Waals surface area contributed by atoms with Crippen LogP contribution in [0.25, 0.3) is 11.0 Å². The van der Waals surface area contributed by atoms with Gasteiger partial charge < -0.3 is 19.1 Å². The van der Waals surface area contributed by atoms with Crippen molar-refractivity contribution in [3.8, 4) is 5.75 Å². The number of carbonyl (C=O) groups is 2. The number of benzene rings is 2. The summed E-state index contributed by atoms with van der Waals surface area (Å²) in [4.78, 5) is 39.7. The van der Waals surface area contributed by atoms with Crippen molar-refractivity contribution in [3.63, 3.8) is 0 Å². The van der Waals surface area contributed by atoms with Gasteiger partial charge in [-0.3, -0.25) is 14.6 Å². The first kappa shape index (κ1) is 24.2. The van der Waals surface area contributed by atoms with Crippen molar-refractivity contribution in [3.05, 3.63) is 82.9 Å². The minimum absolute atomic E-state index is 0.0167. The van der Waals surface area contributed by atoms with Gasteiger partial charge in [-0.1, -0.05) is 23.7 Å². The molecule has 1 atom stereocenters. The molecule has 2 fully saturated rings. The van der Waals surface area contributed by atoms with Gasteiger partial charge in [0.05, 0.1) is 48.0 Å². The van der Waals surface area contributed by atoms with Crippen LogP contribution in [0.5, 0.6) is 5.75 Å². The molecule has 0 N–H and O–H groups in total. The molecule has 198 valence electrons. The van der Waals surface area contributed by atoms with E-state index in [1.165, 1.54) is 0 Å². The van der Waals surface area contributed by atoms with Crippen molar-refractivity contribution in [2.45, 2.75) is 50.2 Å². The Morgan fingerprint density at radius 1 is 1.08 bits per heavy atom. The number of piperidine rings is 1. The first-order valence-electron chi connectivity index (χ1n) is 13.3. The zero-order valence-electron chi connectivity index (χ0n) is 21.6. The highest BCUT2D eigenvalue weighted by Crippen LogP contribution is 2.57. The maximum Gasteiger partial charge on any atom is 0.238 e. The van der Waals surface area contributed by atoms with Crippen LogP contribution >= 0.6 is 11.6 Å². The fourth-order valence-corrected chi connectivity index (χ4v) is 6.41. The summed E-state index contributed by atoms with van der Waals surface area (Å²) in [6, 6.07) is 15.5. The Morgan fingerprint density at radius 3 is 2.67 bits per heavy atom. The number of hydrogen-bond acceptors (Lipinski definition) is 5. The molecular weight excluding hydrogens is 514 g/mol. The van der Waals surface area contributed by atoms with E-state index < -0.39 is 5.41 Å². The Labute approximate surface area is 231 Å². The molecule has 4 aromatic rings. The first-order valence-corrected chi connectivity index (χ1v) is 13.7. The number of rotatable bonds is 6. The Bertz CT molecular complexity index is 1610. The van der Waals surface area contributed by atoms with Crippen molar-refractivity contribution in [2.75, 3.05) is 18.6 Å². The highest BCUT2D eigenvalue weighted by molar-refractivity contribution is 6.31. The molecule has 2 aromatic heterocycles. The maximum absolute atomic E-state index is 13.6. The molecule has 1 saturated heterocycles. The predicted molar refractivity (Wildman–Crippen MR) is 148 cm³/mol. The van der Waals surface area contributed by atoms with E-state index in [1.807, 2.05) is 58.3 Å². The summed E-state index contributed by atoms with van der Waals surface area (Å²) in [7, 11) is 1.64. The number of nitrogens with zero attached hydrogens (tertiary/aromatic N) is 5. The average Bonchev–Trinajstić information content (AvgIpc) is 3.64. The summed E-state index contributed by atoms with van der Waals surface area (Å²) in [6.45, 7) is 1.43. The summed E-state index contributed by atoms with van der Waals surface area (Å²) in [5.41, 5.74) is 4.34. The third-order valence-corrected chi connectivity index (χ3v) is 8.64. The second-order valence-electron chi connectivity index (χ2n) is 10.7. The lowest BCUT2D eigenvalue weighted by molar-refractivity contribution is -0.135. The van der Waals surface area contributed by atoms with Crippen molar-refractivity contribution in [1.82, 2.24) is 19.4 Å². The molecule has 2 aliphatic heterocycles. The number of hydrogen-bond donors (Lipinski definition) is 0. The van der Waals surface area contributed by atoms with E-state index in [1.54, 1.807) is 19.5 Å². The zero-order chi connectivity index (χ0) is 26.7. The number of carbonyl (C=O) groups excluding carboxylic acids is 2. The van der Waals surface area contributed by atoms with Crippen LogP contribution in [-0.2, 0) is 28.1 Å². The minimum Gasteiger partial charge on any atom is -0.497 e. The van der Waals surface area contributed by atoms with Gasteiger partial charge in [0.1, 0.15) is 11.6 Å². The lowest BCUT2D eigenvalue weighted by Gasteiger charge is -2.35. The second kappa shape index (κ2) is 9.09. The van der Waals surface area contributed by atoms with Crippen molar-refractivity contribution >= 4 is 40.1 Å². The standard InChI is InChI=1S/C30H28ClN5O3/c1-39-22-6-2-19(3-7-22)16-34-17-21(5-9-28(34)37)36-25-8-4-20(31)14-24(25)33-27(36)18-35-26-15-32-13-10-23(26)30(11-12-30)29(35)38/h2-4,6-8,10,13-15,21H,5,9,11-12,16-18H2,1H3. The molecule has 1 unspecified atom stereocenters. The number of pyridine rings is 1. The molecule has 0 bridgehead atoms. The number of imidazole rings is 1. The van der Waals surface area contributed by atoms with E-state index in [0.29, 0.717) is 37.5 Å². The molecule has 9 heteroatoms. The third-order valence-electron chi connectivity index (χ3n) is 8.41. The lowest BCUT2D eigenvalue weighted by Crippen LogP contribution is -2.41. The van der Waals surface area contributed by atoms with Gasteiger partial charge in [0.25, 0.3) is 0 Å². The molecule has 7 rings (SSSR count). The Morgan fingerprint density at radius 2 is 1.90 bits per heavy atom. The van der Waals surface area contributed by atoms with Crippen LogP contribution in [0.15, 0.2) is 60.9 Å². The summed E-state index contributed by atoms with van der Waals surface area (Å²) in [5.74, 6) is 1.84. The molecule has 4 heterocycles. The molecule has 1 aliphatic carbocycles. The van der Waals surface area contributed by atoms with Crippen molar-refractivity contribution in [2.24, 2.45) is 0 Å². The highest BCUT2D eigenvalue weighted by Gasteiger charge is 2.59. The van der Waals surface area contributed by atoms with Crippen molar-refractivity contribution < 1.29 is 14.3 Å². The summed E-state index contributed by atoms with van der Waals surface area (Å²) >= 11 is 6.34. The molecule has 8 nitrogen and oxygen atoms in total. The van der Waals surface area contributed by atoms with Gasteiger partial charge in [-0.2, -0.15) is 0 Å². The second-order valence-corrected chi connectivity index (χ2v) is 11.1. The van der Waals surface area contributed by atoms with Gasteiger partial charge in [-0.05, 0) is 66.8 Å². The number of halogens is 1. The molecule has 3 aliphatic rings. The molecule has 1 saturated carbocycles. The number of fused-ring (bicyclic) bond motifs is 3. The number of amides is 2. The zero-order valence-corrected chi connectivity index (χ0v) is 22.4. The van der Waals surface area contributed by atoms with Gasteiger partial charge in [0, 0.05) is 30.7 Å². The fourth-order valence-electron chi connectivity index (χ4n) is 6.25. The first-order chi connectivity index (χ1) is 19.0. The van der Waals surface area contributed by atoms with Gasteiger partial charge in [0.15, 0.2) is 0 Å². The summed E-state index contributed by atoms with van der Waals surface area (Å²) < 4.78 is 7.50. The lowest BCUT2D eigenvalue weighted by atomic mass is 9.99. The fraction of sp³-hybridized carbons (Fsp3) is 0.333. The predicted octanol–water partition coefficient (Wildman–Crippen LogP) is 5.04. The Hall–Kier alpha value is -3.91. The summed E-state index contributed by atoms with van der Waals surface area (Å²) in [5, 5.41) is 0.613. The molecular formula is C30H28ClN5O3. The van der Waals surface area contributed by atoms with Gasteiger partial charge in [-0.15, -0.1) is 0 Å². The number of methoxy groups -OCH3 is 1. The van der Waals surface area contributed by atoms with E-state index in [4.69, 9.17) is 21.3 Å². The van der Waals surface area contributed by atoms with Crippen LogP contribution in [0.2, 0.25) is 5.02 Å². The van der Waals surface area contributed by atoms with Crippen LogP contribution < -0.4 is 9.64 Å². The van der Waals surface area contributed by atoms with E-state index in [9.17, 15) is 9.59 Å². The van der Waals surface area contributed by atoms with Crippen molar-refractivity contribution in [1.29, 1.82) is 0 Å². The number of anilines is 1. The number of aromatic nitrogens is 3. The van der Waals surface area contributed by atoms with E-state index >= 15 is 0 Å². The van der Waals surface area contributed by atoms with Crippen LogP contribution in [0.4, 0.5) is 5.69 Å². The monoisotopic (exact) mass is 541 g/mol. The number of likely N-dealkylation sites (tertiary alicyclic amines) is 1. The smallest absolute Gasteiger partial charge is 0.238 e. The van der Waals surface area contributed by atoms with Gasteiger partial charge >= 0.3 is 0 Å². The van der Waals surface area contributed by atoms with E-state index in [-0.39, 0.29) is 17.9 Å². The van der Waals surface area contributed by atoms with Crippen LogP contribution in [0.1, 0.15) is 48.7 Å². The van der Waals surface area contributed by atoms with Gasteiger partial charge in [0.2, 0.25) is 11.8 Å². The molecule has 39 heavy (non-hydrogen) atoms. The summed E-state index contributed by atoms with van der Waals surface area (Å²) in [6.07, 6.45) is 6.46. The third kappa shape index (κ3) is 3.97. The Balaban J connectivity index is 1.23. The quantitative estimate of drug-likeness (QED) is 0.342. The molecule has 0 radical (unpaired) electrons. The maximum atomic E-state index is 13.6. The molecule has 2 aromatic carbocycles. The SMILES string of the molecule is COc1ccc(CN2CC(n3c(CN4C(=O)C5(CC5)c5ccncc54)nc4cc(Cl)ccc43)CCC2=O)cc1. The van der Waals surface area contributed by atoms with E-state index in [2.05, 4.69) is 9.55 Å². The van der Waals surface area contributed by atoms with Crippen LogP contribution in [0.3, 0.4) is 0 Å². The normalized spacial score (nSPS) is 19.7. The topological polar surface area (TPSA) is 80.6 Å². The Kier molecular flexibility index (Phi) is 5.63. The largest absolute Gasteiger partial charge is 0.497 e.